The van der Waals surface area contributed by atoms with Gasteiger partial charge in [-0.05, 0) is 28.4 Å². The average molecular weight is 330 g/mol. The fourth-order valence-corrected chi connectivity index (χ4v) is 2.60. The number of amides is 1. The van der Waals surface area contributed by atoms with Crippen molar-refractivity contribution in [1.29, 1.82) is 0 Å². The highest BCUT2D eigenvalue weighted by Crippen LogP contribution is 2.14. The van der Waals surface area contributed by atoms with E-state index < -0.39 is 0 Å². The Bertz CT molecular complexity index is 469. The first-order valence-electron chi connectivity index (χ1n) is 6.41. The minimum Gasteiger partial charge on any atom is -0.341 e. The lowest BCUT2D eigenvalue weighted by Crippen LogP contribution is -2.34. The molecule has 1 amide bonds. The van der Waals surface area contributed by atoms with Gasteiger partial charge in [0.15, 0.2) is 0 Å². The van der Waals surface area contributed by atoms with Crippen LogP contribution in [0.3, 0.4) is 0 Å². The van der Waals surface area contributed by atoms with Crippen LogP contribution < -0.4 is 5.32 Å². The Kier molecular flexibility index (Phi) is 4.87. The van der Waals surface area contributed by atoms with Crippen LogP contribution in [-0.2, 0) is 11.3 Å². The molecule has 1 atom stereocenters. The molecule has 1 fully saturated rings. The molecule has 1 aliphatic heterocycles. The third kappa shape index (κ3) is 3.73. The number of hydrogen-bond donors (Lipinski definition) is 1. The topological polar surface area (TPSA) is 45.2 Å². The van der Waals surface area contributed by atoms with E-state index in [-0.39, 0.29) is 17.8 Å². The number of likely N-dealkylation sites (tertiary alicyclic amines) is 1. The SMILES string of the molecule is CCC(=O)N1CCC(NCc2cc(Br)ncc2F)C1. The maximum atomic E-state index is 13.5. The molecule has 0 saturated carbocycles. The summed E-state index contributed by atoms with van der Waals surface area (Å²) in [6.07, 6.45) is 2.67. The molecule has 0 aliphatic carbocycles. The molecule has 0 spiro atoms. The summed E-state index contributed by atoms with van der Waals surface area (Å²) < 4.78 is 14.1. The van der Waals surface area contributed by atoms with Crippen molar-refractivity contribution < 1.29 is 9.18 Å². The molecule has 4 nitrogen and oxygen atoms in total. The van der Waals surface area contributed by atoms with Gasteiger partial charge < -0.3 is 10.2 Å². The van der Waals surface area contributed by atoms with Gasteiger partial charge in [-0.25, -0.2) is 9.37 Å². The fraction of sp³-hybridized carbons (Fsp3) is 0.538. The van der Waals surface area contributed by atoms with Crippen LogP contribution in [0.15, 0.2) is 16.9 Å². The lowest BCUT2D eigenvalue weighted by molar-refractivity contribution is -0.129. The molecule has 1 aromatic rings. The van der Waals surface area contributed by atoms with Crippen molar-refractivity contribution in [2.24, 2.45) is 0 Å². The first-order valence-corrected chi connectivity index (χ1v) is 7.20. The number of aromatic nitrogens is 1. The van der Waals surface area contributed by atoms with E-state index in [0.717, 1.165) is 13.0 Å². The molecule has 1 N–H and O–H groups in total. The van der Waals surface area contributed by atoms with Crippen molar-refractivity contribution in [3.63, 3.8) is 0 Å². The monoisotopic (exact) mass is 329 g/mol. The number of rotatable bonds is 4. The molecule has 1 aromatic heterocycles. The van der Waals surface area contributed by atoms with Crippen LogP contribution in [0.1, 0.15) is 25.3 Å². The van der Waals surface area contributed by atoms with Crippen LogP contribution >= 0.6 is 15.9 Å². The molecule has 1 unspecified atom stereocenters. The van der Waals surface area contributed by atoms with E-state index in [1.54, 1.807) is 6.07 Å². The number of carbonyl (C=O) groups excluding carboxylic acids is 1. The predicted octanol–water partition coefficient (Wildman–Crippen LogP) is 2.08. The molecular weight excluding hydrogens is 313 g/mol. The van der Waals surface area contributed by atoms with E-state index in [2.05, 4.69) is 26.2 Å². The quantitative estimate of drug-likeness (QED) is 0.860. The Morgan fingerprint density at radius 2 is 2.47 bits per heavy atom. The zero-order valence-electron chi connectivity index (χ0n) is 10.8. The van der Waals surface area contributed by atoms with Gasteiger partial charge in [-0.1, -0.05) is 6.92 Å². The number of halogens is 2. The number of hydrogen-bond acceptors (Lipinski definition) is 3. The Hall–Kier alpha value is -1.01. The second-order valence-corrected chi connectivity index (χ2v) is 5.47. The van der Waals surface area contributed by atoms with Gasteiger partial charge in [0.2, 0.25) is 5.91 Å². The molecule has 104 valence electrons. The average Bonchev–Trinajstić information content (AvgIpc) is 2.88. The van der Waals surface area contributed by atoms with Crippen LogP contribution in [0.25, 0.3) is 0 Å². The normalized spacial score (nSPS) is 18.9. The predicted molar refractivity (Wildman–Crippen MR) is 74.0 cm³/mol. The minimum absolute atomic E-state index is 0.183. The Morgan fingerprint density at radius 1 is 1.68 bits per heavy atom. The summed E-state index contributed by atoms with van der Waals surface area (Å²) >= 11 is 3.23. The molecule has 1 aliphatic rings. The van der Waals surface area contributed by atoms with E-state index in [1.807, 2.05) is 11.8 Å². The molecule has 6 heteroatoms. The summed E-state index contributed by atoms with van der Waals surface area (Å²) in [4.78, 5) is 17.2. The zero-order chi connectivity index (χ0) is 13.8. The molecule has 1 saturated heterocycles. The molecule has 2 rings (SSSR count). The number of nitrogens with zero attached hydrogens (tertiary/aromatic N) is 2. The molecule has 0 radical (unpaired) electrons. The van der Waals surface area contributed by atoms with Crippen LogP contribution in [0.4, 0.5) is 4.39 Å². The van der Waals surface area contributed by atoms with Crippen LogP contribution in [0.2, 0.25) is 0 Å². The third-order valence-corrected chi connectivity index (χ3v) is 3.76. The first kappa shape index (κ1) is 14.4. The second kappa shape index (κ2) is 6.43. The fourth-order valence-electron chi connectivity index (χ4n) is 2.22. The molecule has 0 bridgehead atoms. The van der Waals surface area contributed by atoms with E-state index in [0.29, 0.717) is 29.7 Å². The van der Waals surface area contributed by atoms with Gasteiger partial charge in [0, 0.05) is 37.7 Å². The lowest BCUT2D eigenvalue weighted by atomic mass is 10.2. The summed E-state index contributed by atoms with van der Waals surface area (Å²) in [5.74, 6) is -0.127. The van der Waals surface area contributed by atoms with E-state index in [4.69, 9.17) is 0 Å². The van der Waals surface area contributed by atoms with Crippen molar-refractivity contribution in [2.45, 2.75) is 32.4 Å². The van der Waals surface area contributed by atoms with E-state index in [9.17, 15) is 9.18 Å². The molecular formula is C13H17BrFN3O. The van der Waals surface area contributed by atoms with Gasteiger partial charge in [-0.3, -0.25) is 4.79 Å². The molecule has 2 heterocycles. The standard InChI is InChI=1S/C13H17BrFN3O/c1-2-13(19)18-4-3-10(8-18)16-6-9-5-12(14)17-7-11(9)15/h5,7,10,16H,2-4,6,8H2,1H3. The summed E-state index contributed by atoms with van der Waals surface area (Å²) in [6, 6.07) is 1.91. The van der Waals surface area contributed by atoms with Gasteiger partial charge in [-0.15, -0.1) is 0 Å². The maximum Gasteiger partial charge on any atom is 0.222 e. The van der Waals surface area contributed by atoms with E-state index >= 15 is 0 Å². The number of nitrogens with one attached hydrogen (secondary N) is 1. The molecule has 19 heavy (non-hydrogen) atoms. The van der Waals surface area contributed by atoms with Crippen molar-refractivity contribution in [3.8, 4) is 0 Å². The number of carbonyl (C=O) groups is 1. The van der Waals surface area contributed by atoms with Crippen LogP contribution in [-0.4, -0.2) is 34.9 Å². The Balaban J connectivity index is 1.87. The largest absolute Gasteiger partial charge is 0.341 e. The minimum atomic E-state index is -0.310. The van der Waals surface area contributed by atoms with Crippen molar-refractivity contribution >= 4 is 21.8 Å². The van der Waals surface area contributed by atoms with Gasteiger partial charge in [0.05, 0.1) is 6.20 Å². The summed E-state index contributed by atoms with van der Waals surface area (Å²) in [5, 5.41) is 3.29. The maximum absolute atomic E-state index is 13.5. The summed E-state index contributed by atoms with van der Waals surface area (Å²) in [5.41, 5.74) is 0.585. The highest BCUT2D eigenvalue weighted by atomic mass is 79.9. The lowest BCUT2D eigenvalue weighted by Gasteiger charge is -2.16. The van der Waals surface area contributed by atoms with Crippen LogP contribution in [0.5, 0.6) is 0 Å². The van der Waals surface area contributed by atoms with Crippen molar-refractivity contribution in [3.05, 3.63) is 28.2 Å². The second-order valence-electron chi connectivity index (χ2n) is 4.66. The first-order chi connectivity index (χ1) is 9.10. The van der Waals surface area contributed by atoms with Gasteiger partial charge in [0.1, 0.15) is 10.4 Å². The third-order valence-electron chi connectivity index (χ3n) is 3.33. The summed E-state index contributed by atoms with van der Waals surface area (Å²) in [6.45, 7) is 3.81. The Labute approximate surface area is 120 Å². The number of pyridine rings is 1. The summed E-state index contributed by atoms with van der Waals surface area (Å²) in [7, 11) is 0. The zero-order valence-corrected chi connectivity index (χ0v) is 12.4. The van der Waals surface area contributed by atoms with Crippen LogP contribution in [0, 0.1) is 5.82 Å². The highest BCUT2D eigenvalue weighted by Gasteiger charge is 2.24. The van der Waals surface area contributed by atoms with Crippen molar-refractivity contribution in [1.82, 2.24) is 15.2 Å². The Morgan fingerprint density at radius 3 is 3.21 bits per heavy atom. The molecule has 0 aromatic carbocycles. The van der Waals surface area contributed by atoms with Gasteiger partial charge in [0.25, 0.3) is 0 Å². The van der Waals surface area contributed by atoms with Crippen molar-refractivity contribution in [2.75, 3.05) is 13.1 Å². The highest BCUT2D eigenvalue weighted by molar-refractivity contribution is 9.10. The smallest absolute Gasteiger partial charge is 0.222 e. The van der Waals surface area contributed by atoms with Gasteiger partial charge in [-0.2, -0.15) is 0 Å². The van der Waals surface area contributed by atoms with E-state index in [1.165, 1.54) is 6.20 Å². The van der Waals surface area contributed by atoms with Gasteiger partial charge >= 0.3 is 0 Å².